The maximum atomic E-state index is 6.18. The molecule has 0 spiro atoms. The average Bonchev–Trinajstić information content (AvgIpc) is 2.28. The van der Waals surface area contributed by atoms with Gasteiger partial charge in [-0.15, -0.1) is 0 Å². The Kier molecular flexibility index (Phi) is 3.43. The molecule has 1 aromatic heterocycles. The van der Waals surface area contributed by atoms with E-state index in [1.807, 2.05) is 12.1 Å². The highest BCUT2D eigenvalue weighted by Crippen LogP contribution is 2.32. The van der Waals surface area contributed by atoms with Crippen molar-refractivity contribution >= 4 is 11.6 Å². The molecule has 0 N–H and O–H groups in total. The zero-order valence-corrected chi connectivity index (χ0v) is 11.0. The molecule has 0 unspecified atom stereocenters. The van der Waals surface area contributed by atoms with Crippen molar-refractivity contribution in [3.63, 3.8) is 0 Å². The minimum absolute atomic E-state index is 0.304. The first-order chi connectivity index (χ1) is 8.11. The molecule has 0 aliphatic heterocycles. The number of hydrogen-bond donors (Lipinski definition) is 0. The van der Waals surface area contributed by atoms with Gasteiger partial charge in [-0.2, -0.15) is 0 Å². The highest BCUT2D eigenvalue weighted by atomic mass is 35.5. The summed E-state index contributed by atoms with van der Waals surface area (Å²) < 4.78 is 0. The molecular weight excluding hydrogens is 232 g/mol. The van der Waals surface area contributed by atoms with Gasteiger partial charge in [0.15, 0.2) is 0 Å². The third kappa shape index (κ3) is 2.32. The van der Waals surface area contributed by atoms with Crippen LogP contribution < -0.4 is 0 Å². The van der Waals surface area contributed by atoms with E-state index in [9.17, 15) is 0 Å². The van der Waals surface area contributed by atoms with Gasteiger partial charge in [-0.25, -0.2) is 9.97 Å². The largest absolute Gasteiger partial charge is 0.236 e. The SMILES string of the molecule is Cc1ccccc1-c1ncnc(Cl)c1C(C)C. The van der Waals surface area contributed by atoms with Crippen LogP contribution in [0.25, 0.3) is 11.3 Å². The predicted octanol–water partition coefficient (Wildman–Crippen LogP) is 4.23. The molecule has 0 saturated carbocycles. The molecule has 0 saturated heterocycles. The summed E-state index contributed by atoms with van der Waals surface area (Å²) in [5.74, 6) is 0.304. The van der Waals surface area contributed by atoms with Gasteiger partial charge in [0, 0.05) is 11.1 Å². The molecule has 0 radical (unpaired) electrons. The molecule has 2 rings (SSSR count). The van der Waals surface area contributed by atoms with Crippen LogP contribution in [0.5, 0.6) is 0 Å². The minimum atomic E-state index is 0.304. The second-order valence-corrected chi connectivity index (χ2v) is 4.75. The summed E-state index contributed by atoms with van der Waals surface area (Å²) in [5.41, 5.74) is 4.28. The number of aryl methyl sites for hydroxylation is 1. The van der Waals surface area contributed by atoms with Crippen LogP contribution in [0.3, 0.4) is 0 Å². The van der Waals surface area contributed by atoms with E-state index in [4.69, 9.17) is 11.6 Å². The molecule has 0 atom stereocenters. The average molecular weight is 247 g/mol. The van der Waals surface area contributed by atoms with Crippen LogP contribution in [0.2, 0.25) is 5.15 Å². The summed E-state index contributed by atoms with van der Waals surface area (Å²) in [6, 6.07) is 8.19. The van der Waals surface area contributed by atoms with Crippen LogP contribution in [0.15, 0.2) is 30.6 Å². The molecular formula is C14H15ClN2. The summed E-state index contributed by atoms with van der Waals surface area (Å²) in [7, 11) is 0. The Hall–Kier alpha value is -1.41. The third-order valence-electron chi connectivity index (χ3n) is 2.81. The number of rotatable bonds is 2. The smallest absolute Gasteiger partial charge is 0.136 e. The number of halogens is 1. The Morgan fingerprint density at radius 3 is 2.47 bits per heavy atom. The van der Waals surface area contributed by atoms with Gasteiger partial charge in [0.05, 0.1) is 5.69 Å². The lowest BCUT2D eigenvalue weighted by Gasteiger charge is -2.14. The van der Waals surface area contributed by atoms with E-state index >= 15 is 0 Å². The van der Waals surface area contributed by atoms with E-state index in [0.717, 1.165) is 16.8 Å². The maximum absolute atomic E-state index is 6.18. The van der Waals surface area contributed by atoms with Crippen LogP contribution in [0.4, 0.5) is 0 Å². The van der Waals surface area contributed by atoms with Gasteiger partial charge in [0.1, 0.15) is 11.5 Å². The number of aromatic nitrogens is 2. The van der Waals surface area contributed by atoms with Crippen molar-refractivity contribution in [2.75, 3.05) is 0 Å². The number of nitrogens with zero attached hydrogens (tertiary/aromatic N) is 2. The fourth-order valence-corrected chi connectivity index (χ4v) is 2.29. The van der Waals surface area contributed by atoms with E-state index in [0.29, 0.717) is 11.1 Å². The van der Waals surface area contributed by atoms with Gasteiger partial charge in [0.25, 0.3) is 0 Å². The lowest BCUT2D eigenvalue weighted by atomic mass is 9.96. The maximum Gasteiger partial charge on any atom is 0.136 e. The first-order valence-corrected chi connectivity index (χ1v) is 6.05. The quantitative estimate of drug-likeness (QED) is 0.741. The molecule has 17 heavy (non-hydrogen) atoms. The van der Waals surface area contributed by atoms with Crippen LogP contribution in [-0.4, -0.2) is 9.97 Å². The number of hydrogen-bond acceptors (Lipinski definition) is 2. The lowest BCUT2D eigenvalue weighted by molar-refractivity contribution is 0.849. The van der Waals surface area contributed by atoms with E-state index in [1.54, 1.807) is 0 Å². The first kappa shape index (κ1) is 12.1. The Morgan fingerprint density at radius 2 is 1.82 bits per heavy atom. The third-order valence-corrected chi connectivity index (χ3v) is 3.11. The topological polar surface area (TPSA) is 25.8 Å². The van der Waals surface area contributed by atoms with Gasteiger partial charge in [-0.3, -0.25) is 0 Å². The molecule has 0 fully saturated rings. The predicted molar refractivity (Wildman–Crippen MR) is 71.3 cm³/mol. The monoisotopic (exact) mass is 246 g/mol. The van der Waals surface area contributed by atoms with Gasteiger partial charge in [0.2, 0.25) is 0 Å². The number of benzene rings is 1. The fourth-order valence-electron chi connectivity index (χ4n) is 1.94. The summed E-state index contributed by atoms with van der Waals surface area (Å²) in [6.45, 7) is 6.29. The summed E-state index contributed by atoms with van der Waals surface area (Å²) in [5, 5.41) is 0.549. The van der Waals surface area contributed by atoms with Gasteiger partial charge >= 0.3 is 0 Å². The molecule has 88 valence electrons. The Labute approximate surface area is 107 Å². The fraction of sp³-hybridized carbons (Fsp3) is 0.286. The van der Waals surface area contributed by atoms with Gasteiger partial charge in [-0.1, -0.05) is 49.7 Å². The lowest BCUT2D eigenvalue weighted by Crippen LogP contribution is -1.99. The zero-order chi connectivity index (χ0) is 12.4. The minimum Gasteiger partial charge on any atom is -0.236 e. The highest BCUT2D eigenvalue weighted by molar-refractivity contribution is 6.30. The van der Waals surface area contributed by atoms with Crippen LogP contribution in [0, 0.1) is 6.92 Å². The van der Waals surface area contributed by atoms with E-state index in [1.165, 1.54) is 11.9 Å². The molecule has 2 aromatic rings. The summed E-state index contributed by atoms with van der Waals surface area (Å²) >= 11 is 6.18. The van der Waals surface area contributed by atoms with E-state index in [-0.39, 0.29) is 0 Å². The van der Waals surface area contributed by atoms with Crippen molar-refractivity contribution in [1.82, 2.24) is 9.97 Å². The molecule has 2 nitrogen and oxygen atoms in total. The van der Waals surface area contributed by atoms with Crippen LogP contribution in [-0.2, 0) is 0 Å². The van der Waals surface area contributed by atoms with Gasteiger partial charge in [-0.05, 0) is 18.4 Å². The molecule has 0 bridgehead atoms. The van der Waals surface area contributed by atoms with Crippen molar-refractivity contribution in [3.05, 3.63) is 46.9 Å². The van der Waals surface area contributed by atoms with Crippen LogP contribution >= 0.6 is 11.6 Å². The van der Waals surface area contributed by atoms with Crippen molar-refractivity contribution in [1.29, 1.82) is 0 Å². The van der Waals surface area contributed by atoms with Crippen LogP contribution in [0.1, 0.15) is 30.9 Å². The van der Waals surface area contributed by atoms with Crippen molar-refractivity contribution in [3.8, 4) is 11.3 Å². The Bertz CT molecular complexity index is 535. The second-order valence-electron chi connectivity index (χ2n) is 4.40. The molecule has 0 aliphatic carbocycles. The molecule has 0 amide bonds. The molecule has 0 aliphatic rings. The normalized spacial score (nSPS) is 10.9. The van der Waals surface area contributed by atoms with Crippen molar-refractivity contribution in [2.45, 2.75) is 26.7 Å². The Balaban J connectivity index is 2.68. The van der Waals surface area contributed by atoms with E-state index < -0.39 is 0 Å². The Morgan fingerprint density at radius 1 is 1.12 bits per heavy atom. The molecule has 1 aromatic carbocycles. The summed E-state index contributed by atoms with van der Waals surface area (Å²) in [4.78, 5) is 8.47. The van der Waals surface area contributed by atoms with E-state index in [2.05, 4.69) is 42.9 Å². The molecule has 1 heterocycles. The zero-order valence-electron chi connectivity index (χ0n) is 10.2. The summed E-state index contributed by atoms with van der Waals surface area (Å²) in [6.07, 6.45) is 1.52. The molecule has 3 heteroatoms. The van der Waals surface area contributed by atoms with Crippen molar-refractivity contribution < 1.29 is 0 Å². The highest BCUT2D eigenvalue weighted by Gasteiger charge is 2.15. The first-order valence-electron chi connectivity index (χ1n) is 5.67. The van der Waals surface area contributed by atoms with Crippen molar-refractivity contribution in [2.24, 2.45) is 0 Å². The standard InChI is InChI=1S/C14H15ClN2/c1-9(2)12-13(16-8-17-14(12)15)11-7-5-4-6-10(11)3/h4-9H,1-3H3. The second kappa shape index (κ2) is 4.84. The van der Waals surface area contributed by atoms with Gasteiger partial charge < -0.3 is 0 Å².